The van der Waals surface area contributed by atoms with Crippen molar-refractivity contribution in [3.63, 3.8) is 0 Å². The minimum Gasteiger partial charge on any atom is -0.337 e. The number of rotatable bonds is 6. The van der Waals surface area contributed by atoms with Crippen LogP contribution in [0.3, 0.4) is 0 Å². The Kier molecular flexibility index (Phi) is 3.53. The summed E-state index contributed by atoms with van der Waals surface area (Å²) in [5.74, 6) is 1.40. The highest BCUT2D eigenvalue weighted by Crippen LogP contribution is 2.40. The lowest BCUT2D eigenvalue weighted by Crippen LogP contribution is -2.33. The fourth-order valence-electron chi connectivity index (χ4n) is 1.99. The van der Waals surface area contributed by atoms with Gasteiger partial charge in [0.1, 0.15) is 5.82 Å². The molecule has 1 heterocycles. The van der Waals surface area contributed by atoms with Crippen LogP contribution in [0, 0.1) is 5.92 Å². The maximum atomic E-state index is 11.8. The first-order valence-electron chi connectivity index (χ1n) is 6.00. The Morgan fingerprint density at radius 2 is 2.29 bits per heavy atom. The maximum absolute atomic E-state index is 11.8. The van der Waals surface area contributed by atoms with Gasteiger partial charge in [0.15, 0.2) is 0 Å². The zero-order valence-corrected chi connectivity index (χ0v) is 11.1. The molecule has 1 aliphatic carbocycles. The summed E-state index contributed by atoms with van der Waals surface area (Å²) in [6.45, 7) is 1.87. The van der Waals surface area contributed by atoms with Gasteiger partial charge >= 0.3 is 0 Å². The third-order valence-corrected chi connectivity index (χ3v) is 4.57. The van der Waals surface area contributed by atoms with Gasteiger partial charge < -0.3 is 4.57 Å². The largest absolute Gasteiger partial charge is 0.337 e. The summed E-state index contributed by atoms with van der Waals surface area (Å²) < 4.78 is 28.3. The van der Waals surface area contributed by atoms with E-state index in [1.807, 2.05) is 24.7 Å². The third kappa shape index (κ3) is 3.07. The summed E-state index contributed by atoms with van der Waals surface area (Å²) in [4.78, 5) is 4.26. The van der Waals surface area contributed by atoms with Crippen molar-refractivity contribution >= 4 is 10.0 Å². The lowest BCUT2D eigenvalue weighted by atomic mass is 10.2. The molecule has 0 radical (unpaired) electrons. The average molecular weight is 257 g/mol. The maximum Gasteiger partial charge on any atom is 0.212 e. The monoisotopic (exact) mass is 257 g/mol. The second kappa shape index (κ2) is 4.78. The fourth-order valence-corrected chi connectivity index (χ4v) is 3.33. The molecule has 6 heteroatoms. The number of imidazole rings is 1. The van der Waals surface area contributed by atoms with E-state index in [0.717, 1.165) is 18.7 Å². The highest BCUT2D eigenvalue weighted by molar-refractivity contribution is 7.89. The van der Waals surface area contributed by atoms with Crippen molar-refractivity contribution in [2.75, 3.05) is 5.75 Å². The van der Waals surface area contributed by atoms with Crippen molar-refractivity contribution < 1.29 is 8.42 Å². The molecule has 0 saturated heterocycles. The molecule has 1 fully saturated rings. The van der Waals surface area contributed by atoms with E-state index in [0.29, 0.717) is 12.3 Å². The summed E-state index contributed by atoms with van der Waals surface area (Å²) in [5, 5.41) is 0. The van der Waals surface area contributed by atoms with Crippen LogP contribution >= 0.6 is 0 Å². The number of hydrogen-bond acceptors (Lipinski definition) is 3. The second-order valence-corrected chi connectivity index (χ2v) is 6.52. The van der Waals surface area contributed by atoms with Gasteiger partial charge in [-0.2, -0.15) is 0 Å². The van der Waals surface area contributed by atoms with Gasteiger partial charge in [0, 0.05) is 19.4 Å². The van der Waals surface area contributed by atoms with Crippen LogP contribution in [-0.4, -0.2) is 23.7 Å². The molecule has 96 valence electrons. The minimum absolute atomic E-state index is 0.161. The highest BCUT2D eigenvalue weighted by atomic mass is 32.2. The van der Waals surface area contributed by atoms with Gasteiger partial charge in [-0.15, -0.1) is 0 Å². The van der Waals surface area contributed by atoms with Gasteiger partial charge in [-0.25, -0.2) is 18.1 Å². The lowest BCUT2D eigenvalue weighted by molar-refractivity contribution is 0.499. The van der Waals surface area contributed by atoms with E-state index in [2.05, 4.69) is 9.71 Å². The van der Waals surface area contributed by atoms with E-state index in [9.17, 15) is 8.42 Å². The molecule has 1 N–H and O–H groups in total. The Balaban J connectivity index is 2.17. The molecule has 1 saturated carbocycles. The molecule has 1 aliphatic rings. The van der Waals surface area contributed by atoms with Gasteiger partial charge in [0.2, 0.25) is 10.0 Å². The molecule has 0 aliphatic heterocycles. The van der Waals surface area contributed by atoms with Crippen molar-refractivity contribution in [3.05, 3.63) is 18.2 Å². The Morgan fingerprint density at radius 3 is 2.76 bits per heavy atom. The summed E-state index contributed by atoms with van der Waals surface area (Å²) in [6, 6.07) is -0.161. The van der Waals surface area contributed by atoms with Crippen LogP contribution in [0.2, 0.25) is 0 Å². The predicted octanol–water partition coefficient (Wildman–Crippen LogP) is 1.20. The molecule has 1 aromatic rings. The number of aryl methyl sites for hydroxylation is 1. The molecule has 0 bridgehead atoms. The molecule has 1 unspecified atom stereocenters. The predicted molar refractivity (Wildman–Crippen MR) is 65.9 cm³/mol. The average Bonchev–Trinajstić information content (AvgIpc) is 2.99. The topological polar surface area (TPSA) is 64.0 Å². The number of nitrogens with zero attached hydrogens (tertiary/aromatic N) is 2. The number of hydrogen-bond donors (Lipinski definition) is 1. The number of sulfonamides is 1. The van der Waals surface area contributed by atoms with Crippen molar-refractivity contribution in [2.24, 2.45) is 13.0 Å². The van der Waals surface area contributed by atoms with Crippen molar-refractivity contribution in [1.29, 1.82) is 0 Å². The van der Waals surface area contributed by atoms with Gasteiger partial charge in [-0.05, 0) is 25.2 Å². The molecule has 17 heavy (non-hydrogen) atoms. The van der Waals surface area contributed by atoms with Crippen molar-refractivity contribution in [3.8, 4) is 0 Å². The normalized spacial score (nSPS) is 18.2. The molecule has 0 spiro atoms. The molecule has 5 nitrogen and oxygen atoms in total. The zero-order valence-electron chi connectivity index (χ0n) is 10.3. The van der Waals surface area contributed by atoms with Crippen LogP contribution in [0.4, 0.5) is 0 Å². The first-order valence-corrected chi connectivity index (χ1v) is 7.66. The Bertz CT molecular complexity index is 477. The number of aromatic nitrogens is 2. The van der Waals surface area contributed by atoms with E-state index >= 15 is 0 Å². The van der Waals surface area contributed by atoms with Crippen LogP contribution in [-0.2, 0) is 17.1 Å². The van der Waals surface area contributed by atoms with Crippen molar-refractivity contribution in [1.82, 2.24) is 14.3 Å². The van der Waals surface area contributed by atoms with Gasteiger partial charge in [-0.3, -0.25) is 0 Å². The third-order valence-electron chi connectivity index (χ3n) is 3.01. The highest BCUT2D eigenvalue weighted by Gasteiger charge is 2.36. The Hall–Kier alpha value is -0.880. The minimum atomic E-state index is -3.18. The van der Waals surface area contributed by atoms with Gasteiger partial charge in [-0.1, -0.05) is 6.92 Å². The van der Waals surface area contributed by atoms with Crippen LogP contribution in [0.5, 0.6) is 0 Å². The fraction of sp³-hybridized carbons (Fsp3) is 0.727. The number of nitrogens with one attached hydrogen (secondary N) is 1. The first-order chi connectivity index (χ1) is 8.03. The SMILES string of the molecule is CCCS(=O)(=O)NC(c1nccn1C)C1CC1. The Labute approximate surface area is 102 Å². The zero-order chi connectivity index (χ0) is 12.5. The molecule has 0 aromatic carbocycles. The molecule has 1 aromatic heterocycles. The van der Waals surface area contributed by atoms with E-state index in [1.165, 1.54) is 0 Å². The van der Waals surface area contributed by atoms with E-state index in [1.54, 1.807) is 6.20 Å². The van der Waals surface area contributed by atoms with Gasteiger partial charge in [0.05, 0.1) is 11.8 Å². The standard InChI is InChI=1S/C11H19N3O2S/c1-3-8-17(15,16)13-10(9-4-5-9)11-12-6-7-14(11)2/h6-7,9-10,13H,3-5,8H2,1-2H3. The lowest BCUT2D eigenvalue weighted by Gasteiger charge is -2.17. The van der Waals surface area contributed by atoms with E-state index < -0.39 is 10.0 Å². The first kappa shape index (κ1) is 12.6. The Morgan fingerprint density at radius 1 is 1.59 bits per heavy atom. The summed E-state index contributed by atoms with van der Waals surface area (Å²) in [7, 11) is -1.29. The van der Waals surface area contributed by atoms with Crippen LogP contribution in [0.15, 0.2) is 12.4 Å². The molecule has 1 atom stereocenters. The van der Waals surface area contributed by atoms with Crippen LogP contribution in [0.25, 0.3) is 0 Å². The van der Waals surface area contributed by atoms with Crippen LogP contribution in [0.1, 0.15) is 38.1 Å². The van der Waals surface area contributed by atoms with E-state index in [4.69, 9.17) is 0 Å². The summed E-state index contributed by atoms with van der Waals surface area (Å²) >= 11 is 0. The molecule has 0 amide bonds. The smallest absolute Gasteiger partial charge is 0.212 e. The van der Waals surface area contributed by atoms with Gasteiger partial charge in [0.25, 0.3) is 0 Å². The molecular formula is C11H19N3O2S. The van der Waals surface area contributed by atoms with E-state index in [-0.39, 0.29) is 11.8 Å². The van der Waals surface area contributed by atoms with Crippen LogP contribution < -0.4 is 4.72 Å². The molecular weight excluding hydrogens is 238 g/mol. The van der Waals surface area contributed by atoms with Crippen molar-refractivity contribution in [2.45, 2.75) is 32.2 Å². The summed E-state index contributed by atoms with van der Waals surface area (Å²) in [6.07, 6.45) is 6.34. The summed E-state index contributed by atoms with van der Waals surface area (Å²) in [5.41, 5.74) is 0. The second-order valence-electron chi connectivity index (χ2n) is 4.65. The molecule has 2 rings (SSSR count). The quantitative estimate of drug-likeness (QED) is 0.833.